The van der Waals surface area contributed by atoms with Crippen LogP contribution in [0.2, 0.25) is 0 Å². The Hall–Kier alpha value is -2.37. The van der Waals surface area contributed by atoms with Gasteiger partial charge in [-0.1, -0.05) is 25.1 Å². The monoisotopic (exact) mass is 360 g/mol. The van der Waals surface area contributed by atoms with E-state index >= 15 is 0 Å². The molecule has 0 radical (unpaired) electrons. The molecule has 0 spiro atoms. The second-order valence-electron chi connectivity index (χ2n) is 7.09. The number of nitrogens with zero attached hydrogens (tertiary/aromatic N) is 1. The van der Waals surface area contributed by atoms with Crippen molar-refractivity contribution in [1.29, 1.82) is 0 Å². The highest BCUT2D eigenvalue weighted by molar-refractivity contribution is 5.96. The Bertz CT molecular complexity index is 624. The highest BCUT2D eigenvalue weighted by atomic mass is 16.5. The van der Waals surface area contributed by atoms with E-state index in [1.54, 1.807) is 43.1 Å². The molecule has 26 heavy (non-hydrogen) atoms. The number of hydrogen-bond acceptors (Lipinski definition) is 4. The van der Waals surface area contributed by atoms with Crippen molar-refractivity contribution in [3.05, 3.63) is 35.9 Å². The number of carbonyl (C=O) groups excluding carboxylic acids is 3. The normalized spacial score (nSPS) is 20.7. The summed E-state index contributed by atoms with van der Waals surface area (Å²) in [6.07, 6.45) is 4.21. The van der Waals surface area contributed by atoms with Gasteiger partial charge in [-0.25, -0.2) is 4.79 Å². The van der Waals surface area contributed by atoms with Crippen molar-refractivity contribution < 1.29 is 19.1 Å². The summed E-state index contributed by atoms with van der Waals surface area (Å²) < 4.78 is 5.09. The molecular formula is C20H28N2O4. The smallest absolute Gasteiger partial charge is 0.328 e. The van der Waals surface area contributed by atoms with Gasteiger partial charge < -0.3 is 15.0 Å². The van der Waals surface area contributed by atoms with E-state index in [9.17, 15) is 14.4 Å². The van der Waals surface area contributed by atoms with Crippen molar-refractivity contribution in [1.82, 2.24) is 10.2 Å². The van der Waals surface area contributed by atoms with Crippen LogP contribution in [0.4, 0.5) is 0 Å². The van der Waals surface area contributed by atoms with Crippen LogP contribution in [0, 0.1) is 5.92 Å². The Morgan fingerprint density at radius 1 is 1.15 bits per heavy atom. The fourth-order valence-corrected chi connectivity index (χ4v) is 3.12. The number of benzene rings is 1. The maximum absolute atomic E-state index is 12.3. The van der Waals surface area contributed by atoms with Crippen LogP contribution in [0.15, 0.2) is 30.3 Å². The standard InChI is InChI=1S/C20H28N2O4/c1-14-9-11-17(12-10-14)22(3)18(23)13-26-20(25)15(2)21-19(24)16-7-5-4-6-8-16/h4-8,14-15,17H,9-13H2,1-3H3,(H,21,24)/t14?,15-,17?/m0/s1. The molecule has 0 saturated heterocycles. The average Bonchev–Trinajstić information content (AvgIpc) is 2.66. The minimum absolute atomic E-state index is 0.209. The van der Waals surface area contributed by atoms with E-state index < -0.39 is 12.0 Å². The molecular weight excluding hydrogens is 332 g/mol. The summed E-state index contributed by atoms with van der Waals surface area (Å²) in [5, 5.41) is 2.58. The molecule has 1 aliphatic rings. The van der Waals surface area contributed by atoms with Gasteiger partial charge in [-0.2, -0.15) is 0 Å². The zero-order chi connectivity index (χ0) is 19.1. The molecule has 1 aromatic rings. The number of ether oxygens (including phenoxy) is 1. The van der Waals surface area contributed by atoms with Gasteiger partial charge in [0.1, 0.15) is 6.04 Å². The number of likely N-dealkylation sites (N-methyl/N-ethyl adjacent to an activating group) is 1. The van der Waals surface area contributed by atoms with Crippen LogP contribution in [-0.2, 0) is 14.3 Å². The lowest BCUT2D eigenvalue weighted by Crippen LogP contribution is -2.43. The van der Waals surface area contributed by atoms with Crippen molar-refractivity contribution in [2.24, 2.45) is 5.92 Å². The number of carbonyl (C=O) groups is 3. The van der Waals surface area contributed by atoms with Crippen LogP contribution in [0.5, 0.6) is 0 Å². The Balaban J connectivity index is 1.76. The van der Waals surface area contributed by atoms with Crippen LogP contribution in [0.1, 0.15) is 49.9 Å². The molecule has 0 bridgehead atoms. The van der Waals surface area contributed by atoms with Crippen LogP contribution >= 0.6 is 0 Å². The molecule has 6 nitrogen and oxygen atoms in total. The first kappa shape index (κ1) is 19.9. The number of rotatable bonds is 6. The third-order valence-corrected chi connectivity index (χ3v) is 5.00. The van der Waals surface area contributed by atoms with Crippen molar-refractivity contribution in [2.75, 3.05) is 13.7 Å². The number of esters is 1. The van der Waals surface area contributed by atoms with E-state index in [0.29, 0.717) is 11.5 Å². The summed E-state index contributed by atoms with van der Waals surface area (Å²) in [7, 11) is 1.76. The van der Waals surface area contributed by atoms with Crippen molar-refractivity contribution in [2.45, 2.75) is 51.6 Å². The molecule has 0 heterocycles. The first-order valence-electron chi connectivity index (χ1n) is 9.16. The molecule has 1 N–H and O–H groups in total. The van der Waals surface area contributed by atoms with E-state index in [0.717, 1.165) is 25.7 Å². The third-order valence-electron chi connectivity index (χ3n) is 5.00. The Labute approximate surface area is 154 Å². The molecule has 1 atom stereocenters. The predicted molar refractivity (Wildman–Crippen MR) is 98.5 cm³/mol. The topological polar surface area (TPSA) is 75.7 Å². The van der Waals surface area contributed by atoms with Crippen LogP contribution in [-0.4, -0.2) is 48.4 Å². The summed E-state index contributed by atoms with van der Waals surface area (Å²) in [5.41, 5.74) is 0.467. The Morgan fingerprint density at radius 2 is 1.77 bits per heavy atom. The van der Waals surface area contributed by atoms with Gasteiger partial charge in [-0.15, -0.1) is 0 Å². The highest BCUT2D eigenvalue weighted by Gasteiger charge is 2.26. The summed E-state index contributed by atoms with van der Waals surface area (Å²) in [5.74, 6) is -0.468. The van der Waals surface area contributed by atoms with Crippen LogP contribution in [0.3, 0.4) is 0 Å². The predicted octanol–water partition coefficient (Wildman–Crippen LogP) is 2.39. The molecule has 142 valence electrons. The number of hydrogen-bond donors (Lipinski definition) is 1. The maximum atomic E-state index is 12.3. The van der Waals surface area contributed by atoms with Crippen molar-refractivity contribution in [3.8, 4) is 0 Å². The molecule has 0 aliphatic heterocycles. The molecule has 0 aromatic heterocycles. The molecule has 1 fully saturated rings. The van der Waals surface area contributed by atoms with Gasteiger partial charge in [0.15, 0.2) is 6.61 Å². The highest BCUT2D eigenvalue weighted by Crippen LogP contribution is 2.26. The SMILES string of the molecule is CC1CCC(N(C)C(=O)COC(=O)[C@H](C)NC(=O)c2ccccc2)CC1. The Kier molecular flexibility index (Phi) is 7.18. The van der Waals surface area contributed by atoms with E-state index in [2.05, 4.69) is 12.2 Å². The molecule has 0 unspecified atom stereocenters. The van der Waals surface area contributed by atoms with E-state index in [4.69, 9.17) is 4.74 Å². The maximum Gasteiger partial charge on any atom is 0.328 e. The lowest BCUT2D eigenvalue weighted by Gasteiger charge is -2.33. The van der Waals surface area contributed by atoms with Gasteiger partial charge in [0, 0.05) is 18.7 Å². The molecule has 2 amide bonds. The second kappa shape index (κ2) is 9.36. The van der Waals surface area contributed by atoms with Crippen LogP contribution < -0.4 is 5.32 Å². The van der Waals surface area contributed by atoms with E-state index in [1.807, 2.05) is 6.07 Å². The van der Waals surface area contributed by atoms with Gasteiger partial charge >= 0.3 is 5.97 Å². The average molecular weight is 360 g/mol. The van der Waals surface area contributed by atoms with Gasteiger partial charge in [0.05, 0.1) is 0 Å². The quantitative estimate of drug-likeness (QED) is 0.791. The summed E-state index contributed by atoms with van der Waals surface area (Å²) in [4.78, 5) is 38.0. The first-order valence-corrected chi connectivity index (χ1v) is 9.16. The fraction of sp³-hybridized carbons (Fsp3) is 0.550. The number of nitrogens with one attached hydrogen (secondary N) is 1. The fourth-order valence-electron chi connectivity index (χ4n) is 3.12. The lowest BCUT2D eigenvalue weighted by molar-refractivity contribution is -0.153. The van der Waals surface area contributed by atoms with Crippen molar-refractivity contribution in [3.63, 3.8) is 0 Å². The van der Waals surface area contributed by atoms with Crippen LogP contribution in [0.25, 0.3) is 0 Å². The molecule has 1 saturated carbocycles. The largest absolute Gasteiger partial charge is 0.454 e. The third kappa shape index (κ3) is 5.58. The number of amides is 2. The minimum atomic E-state index is -0.823. The molecule has 1 aliphatic carbocycles. The lowest BCUT2D eigenvalue weighted by atomic mass is 9.87. The van der Waals surface area contributed by atoms with Gasteiger partial charge in [-0.05, 0) is 50.7 Å². The van der Waals surface area contributed by atoms with Gasteiger partial charge in [0.25, 0.3) is 11.8 Å². The summed E-state index contributed by atoms with van der Waals surface area (Å²) >= 11 is 0. The summed E-state index contributed by atoms with van der Waals surface area (Å²) in [6, 6.07) is 8.03. The summed E-state index contributed by atoms with van der Waals surface area (Å²) in [6.45, 7) is 3.47. The minimum Gasteiger partial charge on any atom is -0.454 e. The second-order valence-corrected chi connectivity index (χ2v) is 7.09. The zero-order valence-corrected chi connectivity index (χ0v) is 15.7. The first-order chi connectivity index (χ1) is 12.4. The molecule has 1 aromatic carbocycles. The zero-order valence-electron chi connectivity index (χ0n) is 15.7. The van der Waals surface area contributed by atoms with E-state index in [-0.39, 0.29) is 24.5 Å². The van der Waals surface area contributed by atoms with Gasteiger partial charge in [-0.3, -0.25) is 9.59 Å². The van der Waals surface area contributed by atoms with Crippen molar-refractivity contribution >= 4 is 17.8 Å². The Morgan fingerprint density at radius 3 is 2.38 bits per heavy atom. The molecule has 6 heteroatoms. The van der Waals surface area contributed by atoms with Gasteiger partial charge in [0.2, 0.25) is 0 Å². The van der Waals surface area contributed by atoms with E-state index in [1.165, 1.54) is 0 Å². The molecule has 2 rings (SSSR count).